The van der Waals surface area contributed by atoms with Crippen molar-refractivity contribution in [3.63, 3.8) is 0 Å². The van der Waals surface area contributed by atoms with Gasteiger partial charge in [-0.05, 0) is 25.3 Å². The second-order valence-electron chi connectivity index (χ2n) is 7.79. The number of nitrogens with two attached hydrogens (primary N) is 1. The number of carbonyl (C=O) groups excluding carboxylic acids is 3. The first-order valence-corrected chi connectivity index (χ1v) is 11.0. The number of aliphatic hydroxyl groups is 1. The van der Waals surface area contributed by atoms with Crippen molar-refractivity contribution in [1.29, 1.82) is 0 Å². The molecule has 0 spiro atoms. The SMILES string of the molecule is CC(O)C(N)C(=O)NC(CS)C(=O)NC(Cc1ccccc1)C(=O)N1CCCC1C(=O)O. The number of amides is 3. The Bertz CT molecular complexity index is 822. The van der Waals surface area contributed by atoms with Crippen molar-refractivity contribution in [2.75, 3.05) is 12.3 Å². The maximum Gasteiger partial charge on any atom is 0.326 e. The van der Waals surface area contributed by atoms with E-state index in [-0.39, 0.29) is 18.7 Å². The summed E-state index contributed by atoms with van der Waals surface area (Å²) in [6.45, 7) is 1.64. The highest BCUT2D eigenvalue weighted by molar-refractivity contribution is 7.80. The minimum Gasteiger partial charge on any atom is -0.480 e. The first kappa shape index (κ1) is 25.6. The molecule has 1 fully saturated rings. The minimum atomic E-state index is -1.23. The van der Waals surface area contributed by atoms with Crippen LogP contribution in [0.1, 0.15) is 25.3 Å². The Morgan fingerprint density at radius 3 is 2.34 bits per heavy atom. The summed E-state index contributed by atoms with van der Waals surface area (Å²) in [4.78, 5) is 51.1. The molecule has 0 bridgehead atoms. The van der Waals surface area contributed by atoms with E-state index in [1.165, 1.54) is 11.8 Å². The summed E-state index contributed by atoms with van der Waals surface area (Å²) in [6.07, 6.45) is -0.0654. The third-order valence-electron chi connectivity index (χ3n) is 5.36. The van der Waals surface area contributed by atoms with E-state index in [9.17, 15) is 29.4 Å². The Morgan fingerprint density at radius 2 is 1.78 bits per heavy atom. The highest BCUT2D eigenvalue weighted by atomic mass is 32.1. The molecule has 2 rings (SSSR count). The molecule has 0 saturated carbocycles. The molecule has 1 aliphatic heterocycles. The molecule has 1 aromatic rings. The fourth-order valence-electron chi connectivity index (χ4n) is 3.49. The summed E-state index contributed by atoms with van der Waals surface area (Å²) in [6, 6.07) is 4.69. The van der Waals surface area contributed by atoms with Gasteiger partial charge in [-0.15, -0.1) is 0 Å². The molecule has 10 nitrogen and oxygen atoms in total. The fraction of sp³-hybridized carbons (Fsp3) is 0.524. The Labute approximate surface area is 191 Å². The van der Waals surface area contributed by atoms with Crippen LogP contribution in [0.15, 0.2) is 30.3 Å². The molecule has 32 heavy (non-hydrogen) atoms. The molecule has 1 aliphatic rings. The standard InChI is InChI=1S/C21H30N4O6S/c1-12(26)17(22)19(28)24-15(11-32)18(27)23-14(10-13-6-3-2-4-7-13)20(29)25-9-5-8-16(25)21(30)31/h2-4,6-7,12,14-17,26,32H,5,8-11,22H2,1H3,(H,23,27)(H,24,28)(H,30,31). The summed E-state index contributed by atoms with van der Waals surface area (Å²) in [5.41, 5.74) is 6.38. The van der Waals surface area contributed by atoms with E-state index in [1.54, 1.807) is 24.3 Å². The zero-order valence-electron chi connectivity index (χ0n) is 17.8. The quantitative estimate of drug-likeness (QED) is 0.239. The maximum absolute atomic E-state index is 13.2. The number of aliphatic hydroxyl groups excluding tert-OH is 1. The van der Waals surface area contributed by atoms with Crippen molar-refractivity contribution < 1.29 is 29.4 Å². The van der Waals surface area contributed by atoms with Gasteiger partial charge in [0.15, 0.2) is 0 Å². The Kier molecular flexibility index (Phi) is 9.48. The van der Waals surface area contributed by atoms with E-state index in [2.05, 4.69) is 23.3 Å². The first-order valence-electron chi connectivity index (χ1n) is 10.4. The minimum absolute atomic E-state index is 0.0716. The van der Waals surface area contributed by atoms with Crippen LogP contribution < -0.4 is 16.4 Å². The molecule has 5 unspecified atom stereocenters. The van der Waals surface area contributed by atoms with Crippen molar-refractivity contribution in [3.05, 3.63) is 35.9 Å². The van der Waals surface area contributed by atoms with Gasteiger partial charge in [-0.1, -0.05) is 30.3 Å². The third kappa shape index (κ3) is 6.68. The largest absolute Gasteiger partial charge is 0.480 e. The lowest BCUT2D eigenvalue weighted by Crippen LogP contribution is -2.59. The van der Waals surface area contributed by atoms with E-state index < -0.39 is 54.0 Å². The third-order valence-corrected chi connectivity index (χ3v) is 5.72. The second kappa shape index (κ2) is 11.8. The van der Waals surface area contributed by atoms with Crippen molar-refractivity contribution in [1.82, 2.24) is 15.5 Å². The highest BCUT2D eigenvalue weighted by Gasteiger charge is 2.38. The number of hydrogen-bond acceptors (Lipinski definition) is 7. The van der Waals surface area contributed by atoms with Gasteiger partial charge in [0.1, 0.15) is 24.2 Å². The molecular weight excluding hydrogens is 436 g/mol. The normalized spacial score (nSPS) is 19.5. The number of likely N-dealkylation sites (tertiary alicyclic amines) is 1. The first-order chi connectivity index (χ1) is 15.1. The van der Waals surface area contributed by atoms with E-state index in [0.29, 0.717) is 12.8 Å². The number of carboxylic acid groups (broad SMARTS) is 1. The Morgan fingerprint density at radius 1 is 1.16 bits per heavy atom. The van der Waals surface area contributed by atoms with E-state index in [4.69, 9.17) is 5.73 Å². The molecule has 1 aromatic carbocycles. The van der Waals surface area contributed by atoms with Gasteiger partial charge in [-0.25, -0.2) is 4.79 Å². The number of carbonyl (C=O) groups is 4. The van der Waals surface area contributed by atoms with Crippen LogP contribution >= 0.6 is 12.6 Å². The van der Waals surface area contributed by atoms with Crippen LogP contribution in [0.2, 0.25) is 0 Å². The number of aliphatic carboxylic acids is 1. The Balaban J connectivity index is 2.19. The van der Waals surface area contributed by atoms with Crippen LogP contribution in [-0.4, -0.2) is 81.4 Å². The van der Waals surface area contributed by atoms with Gasteiger partial charge in [0.2, 0.25) is 17.7 Å². The van der Waals surface area contributed by atoms with E-state index in [0.717, 1.165) is 5.56 Å². The van der Waals surface area contributed by atoms with E-state index in [1.807, 2.05) is 6.07 Å². The summed E-state index contributed by atoms with van der Waals surface area (Å²) < 4.78 is 0. The molecule has 5 atom stereocenters. The predicted molar refractivity (Wildman–Crippen MR) is 120 cm³/mol. The molecule has 176 valence electrons. The molecule has 1 saturated heterocycles. The number of carboxylic acids is 1. The molecule has 1 heterocycles. The van der Waals surface area contributed by atoms with E-state index >= 15 is 0 Å². The van der Waals surface area contributed by atoms with Crippen LogP contribution in [0.25, 0.3) is 0 Å². The second-order valence-corrected chi connectivity index (χ2v) is 8.15. The monoisotopic (exact) mass is 466 g/mol. The molecule has 11 heteroatoms. The zero-order chi connectivity index (χ0) is 23.8. The summed E-state index contributed by atoms with van der Waals surface area (Å²) >= 11 is 4.10. The maximum atomic E-state index is 13.2. The number of benzene rings is 1. The summed E-state index contributed by atoms with van der Waals surface area (Å²) in [7, 11) is 0. The van der Waals surface area contributed by atoms with Crippen molar-refractivity contribution in [2.45, 2.75) is 56.5 Å². The average Bonchev–Trinajstić information content (AvgIpc) is 3.26. The van der Waals surface area contributed by atoms with Crippen molar-refractivity contribution in [3.8, 4) is 0 Å². The van der Waals surface area contributed by atoms with Gasteiger partial charge in [-0.2, -0.15) is 12.6 Å². The molecule has 3 amide bonds. The average molecular weight is 467 g/mol. The smallest absolute Gasteiger partial charge is 0.326 e. The summed E-state index contributed by atoms with van der Waals surface area (Å²) in [5, 5.41) is 24.0. The topological polar surface area (TPSA) is 162 Å². The predicted octanol–water partition coefficient (Wildman–Crippen LogP) is -1.09. The number of nitrogens with one attached hydrogen (secondary N) is 2. The van der Waals surface area contributed by atoms with Crippen LogP contribution in [0, 0.1) is 0 Å². The molecular formula is C21H30N4O6S. The number of hydrogen-bond donors (Lipinski definition) is 6. The fourth-order valence-corrected chi connectivity index (χ4v) is 3.75. The van der Waals surface area contributed by atoms with Crippen LogP contribution in [0.5, 0.6) is 0 Å². The summed E-state index contributed by atoms with van der Waals surface area (Å²) in [5.74, 6) is -3.06. The van der Waals surface area contributed by atoms with Gasteiger partial charge in [-0.3, -0.25) is 14.4 Å². The zero-order valence-corrected chi connectivity index (χ0v) is 18.7. The van der Waals surface area contributed by atoms with Gasteiger partial charge in [0, 0.05) is 18.7 Å². The van der Waals surface area contributed by atoms with Gasteiger partial charge < -0.3 is 31.5 Å². The van der Waals surface area contributed by atoms with Crippen LogP contribution in [-0.2, 0) is 25.6 Å². The van der Waals surface area contributed by atoms with Crippen molar-refractivity contribution in [2.24, 2.45) is 5.73 Å². The van der Waals surface area contributed by atoms with Gasteiger partial charge >= 0.3 is 5.97 Å². The number of nitrogens with zero attached hydrogens (tertiary/aromatic N) is 1. The number of rotatable bonds is 10. The lowest BCUT2D eigenvalue weighted by Gasteiger charge is -2.29. The Hall–Kier alpha value is -2.63. The molecule has 0 radical (unpaired) electrons. The van der Waals surface area contributed by atoms with Crippen molar-refractivity contribution >= 4 is 36.3 Å². The molecule has 6 N–H and O–H groups in total. The molecule has 0 aliphatic carbocycles. The lowest BCUT2D eigenvalue weighted by molar-refractivity contribution is -0.149. The van der Waals surface area contributed by atoms with Gasteiger partial charge in [0.25, 0.3) is 0 Å². The van der Waals surface area contributed by atoms with Gasteiger partial charge in [0.05, 0.1) is 6.10 Å². The van der Waals surface area contributed by atoms with Crippen LogP contribution in [0.4, 0.5) is 0 Å². The lowest BCUT2D eigenvalue weighted by atomic mass is 10.0. The molecule has 0 aromatic heterocycles. The van der Waals surface area contributed by atoms with Crippen LogP contribution in [0.3, 0.4) is 0 Å². The number of thiol groups is 1. The highest BCUT2D eigenvalue weighted by Crippen LogP contribution is 2.19.